The maximum Gasteiger partial charge on any atom is 0.248 e. The number of likely N-dealkylation sites (N-methyl/N-ethyl adjacent to an activating group) is 1. The minimum atomic E-state index is -0.839. The van der Waals surface area contributed by atoms with Gasteiger partial charge in [0.2, 0.25) is 11.8 Å². The third-order valence-corrected chi connectivity index (χ3v) is 4.63. The highest BCUT2D eigenvalue weighted by atomic mass is 16.2. The van der Waals surface area contributed by atoms with E-state index in [-0.39, 0.29) is 18.4 Å². The van der Waals surface area contributed by atoms with Crippen LogP contribution in [-0.4, -0.2) is 61.6 Å². The molecule has 3 rings (SSSR count). The summed E-state index contributed by atoms with van der Waals surface area (Å²) in [6.07, 6.45) is 1.55. The first-order valence-corrected chi connectivity index (χ1v) is 8.48. The zero-order valence-corrected chi connectivity index (χ0v) is 14.8. The first kappa shape index (κ1) is 17.1. The highest BCUT2D eigenvalue weighted by Gasteiger charge is 2.43. The molecule has 1 aliphatic heterocycles. The largest absolute Gasteiger partial charge is 0.339 e. The van der Waals surface area contributed by atoms with Crippen LogP contribution in [0.5, 0.6) is 0 Å². The lowest BCUT2D eigenvalue weighted by Gasteiger charge is -2.45. The Morgan fingerprint density at radius 1 is 1.20 bits per heavy atom. The average Bonchev–Trinajstić information content (AvgIpc) is 3.06. The summed E-state index contributed by atoms with van der Waals surface area (Å²) in [5.74, 6) is 0.441. The van der Waals surface area contributed by atoms with Crippen molar-refractivity contribution in [3.05, 3.63) is 36.7 Å². The summed E-state index contributed by atoms with van der Waals surface area (Å²) in [7, 11) is 0. The summed E-state index contributed by atoms with van der Waals surface area (Å²) in [5.41, 5.74) is 0.0644. The van der Waals surface area contributed by atoms with Crippen LogP contribution in [0, 0.1) is 0 Å². The highest BCUT2D eigenvalue weighted by Crippen LogP contribution is 2.23. The lowest BCUT2D eigenvalue weighted by molar-refractivity contribution is -0.158. The molecule has 1 fully saturated rings. The molecule has 0 unspecified atom stereocenters. The molecule has 0 N–H and O–H groups in total. The van der Waals surface area contributed by atoms with Crippen molar-refractivity contribution in [3.63, 3.8) is 0 Å². The van der Waals surface area contributed by atoms with Crippen LogP contribution < -0.4 is 0 Å². The fraction of sp³-hybridized carbons (Fsp3) is 0.444. The summed E-state index contributed by atoms with van der Waals surface area (Å²) < 4.78 is 1.53. The molecule has 132 valence electrons. The SMILES string of the molecule is CCN1CCN(C(=O)Cn2cnc(-c3ccccc3)n2)C(C)(C)C1=O. The van der Waals surface area contributed by atoms with E-state index in [0.29, 0.717) is 25.5 Å². The number of carbonyl (C=O) groups excluding carboxylic acids is 2. The molecule has 0 radical (unpaired) electrons. The van der Waals surface area contributed by atoms with Crippen LogP contribution in [0.3, 0.4) is 0 Å². The minimum Gasteiger partial charge on any atom is -0.339 e. The van der Waals surface area contributed by atoms with E-state index in [0.717, 1.165) is 5.56 Å². The molecule has 2 amide bonds. The van der Waals surface area contributed by atoms with Gasteiger partial charge < -0.3 is 9.80 Å². The molecule has 0 spiro atoms. The summed E-state index contributed by atoms with van der Waals surface area (Å²) >= 11 is 0. The fourth-order valence-electron chi connectivity index (χ4n) is 3.16. The minimum absolute atomic E-state index is 0.0156. The van der Waals surface area contributed by atoms with Gasteiger partial charge in [0, 0.05) is 25.2 Å². The molecule has 0 atom stereocenters. The predicted molar refractivity (Wildman–Crippen MR) is 93.5 cm³/mol. The number of carbonyl (C=O) groups is 2. The van der Waals surface area contributed by atoms with E-state index in [4.69, 9.17) is 0 Å². The van der Waals surface area contributed by atoms with Crippen LogP contribution in [0.2, 0.25) is 0 Å². The van der Waals surface area contributed by atoms with Crippen LogP contribution in [0.1, 0.15) is 20.8 Å². The number of rotatable bonds is 4. The second-order valence-corrected chi connectivity index (χ2v) is 6.62. The molecule has 7 heteroatoms. The molecule has 1 aromatic carbocycles. The number of hydrogen-bond donors (Lipinski definition) is 0. The van der Waals surface area contributed by atoms with Crippen LogP contribution >= 0.6 is 0 Å². The van der Waals surface area contributed by atoms with Crippen molar-refractivity contribution in [2.75, 3.05) is 19.6 Å². The molecular formula is C18H23N5O2. The second-order valence-electron chi connectivity index (χ2n) is 6.62. The zero-order chi connectivity index (χ0) is 18.0. The van der Waals surface area contributed by atoms with Gasteiger partial charge >= 0.3 is 0 Å². The third-order valence-electron chi connectivity index (χ3n) is 4.63. The van der Waals surface area contributed by atoms with Gasteiger partial charge in [-0.2, -0.15) is 5.10 Å². The highest BCUT2D eigenvalue weighted by molar-refractivity contribution is 5.91. The summed E-state index contributed by atoms with van der Waals surface area (Å²) in [6, 6.07) is 9.62. The standard InChI is InChI=1S/C18H23N5O2/c1-4-21-10-11-23(18(2,3)17(21)25)15(24)12-22-13-19-16(20-22)14-8-6-5-7-9-14/h5-9,13H,4,10-12H2,1-3H3. The quantitative estimate of drug-likeness (QED) is 0.843. The summed E-state index contributed by atoms with van der Waals surface area (Å²) in [5, 5.41) is 4.38. The summed E-state index contributed by atoms with van der Waals surface area (Å²) in [6.45, 7) is 7.38. The van der Waals surface area contributed by atoms with E-state index >= 15 is 0 Å². The molecule has 25 heavy (non-hydrogen) atoms. The van der Waals surface area contributed by atoms with Gasteiger partial charge in [0.25, 0.3) is 0 Å². The van der Waals surface area contributed by atoms with Gasteiger partial charge in [-0.05, 0) is 20.8 Å². The normalized spacial score (nSPS) is 17.0. The number of nitrogens with zero attached hydrogens (tertiary/aromatic N) is 5. The average molecular weight is 341 g/mol. The Labute approximate surface area is 147 Å². The van der Waals surface area contributed by atoms with E-state index < -0.39 is 5.54 Å². The Morgan fingerprint density at radius 3 is 2.60 bits per heavy atom. The molecule has 7 nitrogen and oxygen atoms in total. The number of amides is 2. The van der Waals surface area contributed by atoms with Crippen molar-refractivity contribution in [2.24, 2.45) is 0 Å². The fourth-order valence-corrected chi connectivity index (χ4v) is 3.16. The van der Waals surface area contributed by atoms with Crippen molar-refractivity contribution in [1.82, 2.24) is 24.6 Å². The van der Waals surface area contributed by atoms with Crippen LogP contribution in [0.4, 0.5) is 0 Å². The van der Waals surface area contributed by atoms with E-state index in [9.17, 15) is 9.59 Å². The van der Waals surface area contributed by atoms with Gasteiger partial charge in [-0.25, -0.2) is 9.67 Å². The maximum absolute atomic E-state index is 12.7. The maximum atomic E-state index is 12.7. The van der Waals surface area contributed by atoms with E-state index in [2.05, 4.69) is 10.1 Å². The van der Waals surface area contributed by atoms with Crippen molar-refractivity contribution in [1.29, 1.82) is 0 Å². The Bertz CT molecular complexity index is 769. The topological polar surface area (TPSA) is 71.3 Å². The monoisotopic (exact) mass is 341 g/mol. The zero-order valence-electron chi connectivity index (χ0n) is 14.8. The van der Waals surface area contributed by atoms with Crippen LogP contribution in [0.25, 0.3) is 11.4 Å². The van der Waals surface area contributed by atoms with Gasteiger partial charge in [0.05, 0.1) is 0 Å². The molecule has 0 saturated carbocycles. The number of hydrogen-bond acceptors (Lipinski definition) is 4. The first-order valence-electron chi connectivity index (χ1n) is 8.48. The Balaban J connectivity index is 1.73. The van der Waals surface area contributed by atoms with Crippen LogP contribution in [-0.2, 0) is 16.1 Å². The molecule has 1 aliphatic rings. The van der Waals surface area contributed by atoms with E-state index in [1.165, 1.54) is 4.68 Å². The van der Waals surface area contributed by atoms with Gasteiger partial charge in [0.1, 0.15) is 18.4 Å². The van der Waals surface area contributed by atoms with Gasteiger partial charge in [0.15, 0.2) is 5.82 Å². The smallest absolute Gasteiger partial charge is 0.248 e. The molecule has 0 bridgehead atoms. The van der Waals surface area contributed by atoms with E-state index in [1.54, 1.807) is 30.0 Å². The van der Waals surface area contributed by atoms with E-state index in [1.807, 2.05) is 37.3 Å². The molecule has 1 saturated heterocycles. The van der Waals surface area contributed by atoms with Crippen LogP contribution in [0.15, 0.2) is 36.7 Å². The molecule has 0 aliphatic carbocycles. The van der Waals surface area contributed by atoms with Crippen molar-refractivity contribution < 1.29 is 9.59 Å². The van der Waals surface area contributed by atoms with Crippen molar-refractivity contribution in [3.8, 4) is 11.4 Å². The second kappa shape index (κ2) is 6.66. The Morgan fingerprint density at radius 2 is 1.92 bits per heavy atom. The van der Waals surface area contributed by atoms with Gasteiger partial charge in [-0.15, -0.1) is 0 Å². The lowest BCUT2D eigenvalue weighted by Crippen LogP contribution is -2.64. The molecule has 2 aromatic rings. The molecule has 2 heterocycles. The molecule has 1 aromatic heterocycles. The first-order chi connectivity index (χ1) is 11.9. The number of benzene rings is 1. The summed E-state index contributed by atoms with van der Waals surface area (Å²) in [4.78, 5) is 33.0. The molecular weight excluding hydrogens is 318 g/mol. The predicted octanol–water partition coefficient (Wildman–Crippen LogP) is 1.41. The lowest BCUT2D eigenvalue weighted by atomic mass is 9.97. The van der Waals surface area contributed by atoms with Gasteiger partial charge in [-0.3, -0.25) is 9.59 Å². The third kappa shape index (κ3) is 3.26. The van der Waals surface area contributed by atoms with Crippen molar-refractivity contribution in [2.45, 2.75) is 32.9 Å². The Kier molecular flexibility index (Phi) is 4.57. The number of aromatic nitrogens is 3. The number of piperazine rings is 1. The van der Waals surface area contributed by atoms with Gasteiger partial charge in [-0.1, -0.05) is 30.3 Å². The van der Waals surface area contributed by atoms with Crippen molar-refractivity contribution >= 4 is 11.8 Å². The Hall–Kier alpha value is -2.70.